The van der Waals surface area contributed by atoms with Crippen molar-refractivity contribution in [2.75, 3.05) is 13.7 Å². The van der Waals surface area contributed by atoms with Gasteiger partial charge in [-0.15, -0.1) is 5.10 Å². The van der Waals surface area contributed by atoms with Gasteiger partial charge in [-0.2, -0.15) is 4.68 Å². The Kier molecular flexibility index (Phi) is 6.00. The van der Waals surface area contributed by atoms with Crippen LogP contribution in [0.3, 0.4) is 0 Å². The molecular formula is C19H19BrClN5O2. The van der Waals surface area contributed by atoms with Crippen LogP contribution in [0.1, 0.15) is 29.8 Å². The van der Waals surface area contributed by atoms with Crippen LogP contribution >= 0.6 is 27.5 Å². The Balaban J connectivity index is 1.80. The molecule has 3 aromatic rings. The molecule has 0 aliphatic heterocycles. The van der Waals surface area contributed by atoms with E-state index in [1.165, 1.54) is 18.1 Å². The second kappa shape index (κ2) is 8.28. The standard InChI is InChI=1S/C19H19BrClN5O2/c1-19(2,12-4-6-13(20)7-5-12)10-22-18(27)14-8-15(21)16(9-17(14)28-3)26-11-23-24-25-26/h4-9,11H,10H2,1-3H3,(H,22,27). The lowest BCUT2D eigenvalue weighted by Crippen LogP contribution is -2.36. The van der Waals surface area contributed by atoms with E-state index in [2.05, 4.69) is 50.6 Å². The zero-order valence-electron chi connectivity index (χ0n) is 15.6. The SMILES string of the molecule is COc1cc(-n2cnnn2)c(Cl)cc1C(=O)NCC(C)(C)c1ccc(Br)cc1. The number of halogens is 2. The summed E-state index contributed by atoms with van der Waals surface area (Å²) in [5, 5.41) is 14.3. The maximum atomic E-state index is 12.8. The number of nitrogens with zero attached hydrogens (tertiary/aromatic N) is 4. The predicted octanol–water partition coefficient (Wildman–Crippen LogP) is 3.79. The molecule has 28 heavy (non-hydrogen) atoms. The van der Waals surface area contributed by atoms with Crippen molar-refractivity contribution >= 4 is 33.4 Å². The van der Waals surface area contributed by atoms with Gasteiger partial charge < -0.3 is 10.1 Å². The highest BCUT2D eigenvalue weighted by molar-refractivity contribution is 9.10. The first-order valence-electron chi connectivity index (χ1n) is 8.47. The minimum absolute atomic E-state index is 0.250. The molecule has 1 N–H and O–H groups in total. The average molecular weight is 465 g/mol. The Morgan fingerprint density at radius 1 is 1.29 bits per heavy atom. The van der Waals surface area contributed by atoms with Crippen LogP contribution in [0.5, 0.6) is 5.75 Å². The van der Waals surface area contributed by atoms with Gasteiger partial charge in [0, 0.05) is 22.5 Å². The highest BCUT2D eigenvalue weighted by atomic mass is 79.9. The fraction of sp³-hybridized carbons (Fsp3) is 0.263. The lowest BCUT2D eigenvalue weighted by molar-refractivity contribution is 0.0942. The lowest BCUT2D eigenvalue weighted by atomic mass is 9.84. The molecule has 0 unspecified atom stereocenters. The van der Waals surface area contributed by atoms with E-state index < -0.39 is 0 Å². The Bertz CT molecular complexity index is 975. The van der Waals surface area contributed by atoms with Gasteiger partial charge in [0.15, 0.2) is 0 Å². The largest absolute Gasteiger partial charge is 0.496 e. The van der Waals surface area contributed by atoms with Gasteiger partial charge in [-0.3, -0.25) is 4.79 Å². The molecule has 0 atom stereocenters. The number of carbonyl (C=O) groups excluding carboxylic acids is 1. The molecule has 0 saturated carbocycles. The molecular weight excluding hydrogens is 446 g/mol. The number of methoxy groups -OCH3 is 1. The molecule has 146 valence electrons. The number of hydrogen-bond acceptors (Lipinski definition) is 5. The number of benzene rings is 2. The summed E-state index contributed by atoms with van der Waals surface area (Å²) >= 11 is 9.78. The molecule has 1 heterocycles. The Morgan fingerprint density at radius 2 is 2.00 bits per heavy atom. The van der Waals surface area contributed by atoms with Crippen molar-refractivity contribution in [3.63, 3.8) is 0 Å². The summed E-state index contributed by atoms with van der Waals surface area (Å²) < 4.78 is 7.80. The number of tetrazole rings is 1. The second-order valence-corrected chi connectivity index (χ2v) is 8.15. The number of aromatic nitrogens is 4. The maximum absolute atomic E-state index is 12.8. The summed E-state index contributed by atoms with van der Waals surface area (Å²) in [7, 11) is 1.50. The molecule has 1 aromatic heterocycles. The van der Waals surface area contributed by atoms with E-state index in [1.54, 1.807) is 12.1 Å². The number of ether oxygens (including phenoxy) is 1. The highest BCUT2D eigenvalue weighted by Gasteiger charge is 2.23. The number of nitrogens with one attached hydrogen (secondary N) is 1. The topological polar surface area (TPSA) is 81.9 Å². The monoisotopic (exact) mass is 463 g/mol. The average Bonchev–Trinajstić information content (AvgIpc) is 3.21. The number of hydrogen-bond donors (Lipinski definition) is 1. The molecule has 1 amide bonds. The van der Waals surface area contributed by atoms with Gasteiger partial charge in [0.1, 0.15) is 12.1 Å². The first kappa shape index (κ1) is 20.3. The second-order valence-electron chi connectivity index (χ2n) is 6.83. The van der Waals surface area contributed by atoms with Crippen LogP contribution in [-0.2, 0) is 5.41 Å². The van der Waals surface area contributed by atoms with Gasteiger partial charge in [-0.1, -0.05) is 53.5 Å². The molecule has 0 saturated heterocycles. The van der Waals surface area contributed by atoms with Crippen molar-refractivity contribution in [2.45, 2.75) is 19.3 Å². The van der Waals surface area contributed by atoms with Crippen molar-refractivity contribution < 1.29 is 9.53 Å². The predicted molar refractivity (Wildman–Crippen MR) is 110 cm³/mol. The van der Waals surface area contributed by atoms with Crippen LogP contribution in [0.25, 0.3) is 5.69 Å². The van der Waals surface area contributed by atoms with E-state index in [0.717, 1.165) is 10.0 Å². The van der Waals surface area contributed by atoms with Gasteiger partial charge in [0.2, 0.25) is 0 Å². The Labute approximate surface area is 176 Å². The van der Waals surface area contributed by atoms with E-state index in [1.807, 2.05) is 24.3 Å². The van der Waals surface area contributed by atoms with Crippen molar-refractivity contribution in [3.8, 4) is 11.4 Å². The van der Waals surface area contributed by atoms with Gasteiger partial charge in [-0.05, 0) is 34.2 Å². The van der Waals surface area contributed by atoms with Crippen LogP contribution in [0.2, 0.25) is 5.02 Å². The first-order chi connectivity index (χ1) is 13.3. The molecule has 0 radical (unpaired) electrons. The van der Waals surface area contributed by atoms with E-state index >= 15 is 0 Å². The quantitative estimate of drug-likeness (QED) is 0.600. The molecule has 2 aromatic carbocycles. The van der Waals surface area contributed by atoms with Crippen LogP contribution in [0.15, 0.2) is 47.2 Å². The first-order valence-corrected chi connectivity index (χ1v) is 9.64. The number of carbonyl (C=O) groups is 1. The minimum atomic E-state index is -0.271. The van der Waals surface area contributed by atoms with Crippen LogP contribution < -0.4 is 10.1 Å². The molecule has 0 spiro atoms. The molecule has 7 nitrogen and oxygen atoms in total. The lowest BCUT2D eigenvalue weighted by Gasteiger charge is -2.26. The third-order valence-corrected chi connectivity index (χ3v) is 5.26. The number of amides is 1. The minimum Gasteiger partial charge on any atom is -0.496 e. The van der Waals surface area contributed by atoms with Crippen LogP contribution in [0, 0.1) is 0 Å². The summed E-state index contributed by atoms with van der Waals surface area (Å²) in [6, 6.07) is 11.2. The Hall–Kier alpha value is -2.45. The zero-order valence-corrected chi connectivity index (χ0v) is 18.0. The third-order valence-electron chi connectivity index (χ3n) is 4.43. The maximum Gasteiger partial charge on any atom is 0.255 e. The van der Waals surface area contributed by atoms with Gasteiger partial charge >= 0.3 is 0 Å². The fourth-order valence-electron chi connectivity index (χ4n) is 2.74. The highest BCUT2D eigenvalue weighted by Crippen LogP contribution is 2.30. The van der Waals surface area contributed by atoms with Gasteiger partial charge in [-0.25, -0.2) is 0 Å². The van der Waals surface area contributed by atoms with Crippen molar-refractivity contribution in [3.05, 3.63) is 63.3 Å². The molecule has 0 aliphatic carbocycles. The summed E-state index contributed by atoms with van der Waals surface area (Å²) in [4.78, 5) is 12.8. The zero-order chi connectivity index (χ0) is 20.3. The summed E-state index contributed by atoms with van der Waals surface area (Å²) in [5.74, 6) is 0.112. The van der Waals surface area contributed by atoms with E-state index in [-0.39, 0.29) is 11.3 Å². The molecule has 0 aliphatic rings. The van der Waals surface area contributed by atoms with Gasteiger partial charge in [0.05, 0.1) is 23.4 Å². The van der Waals surface area contributed by atoms with Crippen LogP contribution in [-0.4, -0.2) is 39.8 Å². The number of rotatable bonds is 6. The third kappa shape index (κ3) is 4.34. The molecule has 0 bridgehead atoms. The van der Waals surface area contributed by atoms with E-state index in [0.29, 0.717) is 28.6 Å². The van der Waals surface area contributed by atoms with Crippen LogP contribution in [0.4, 0.5) is 0 Å². The van der Waals surface area contributed by atoms with Crippen molar-refractivity contribution in [1.82, 2.24) is 25.5 Å². The Morgan fingerprint density at radius 3 is 2.61 bits per heavy atom. The molecule has 9 heteroatoms. The normalized spacial score (nSPS) is 11.3. The van der Waals surface area contributed by atoms with Crippen molar-refractivity contribution in [2.24, 2.45) is 0 Å². The molecule has 3 rings (SSSR count). The molecule has 0 fully saturated rings. The summed E-state index contributed by atoms with van der Waals surface area (Å²) in [6.07, 6.45) is 1.42. The van der Waals surface area contributed by atoms with E-state index in [4.69, 9.17) is 16.3 Å². The van der Waals surface area contributed by atoms with E-state index in [9.17, 15) is 4.79 Å². The smallest absolute Gasteiger partial charge is 0.255 e. The fourth-order valence-corrected chi connectivity index (χ4v) is 3.25. The summed E-state index contributed by atoms with van der Waals surface area (Å²) in [6.45, 7) is 4.59. The van der Waals surface area contributed by atoms with Crippen molar-refractivity contribution in [1.29, 1.82) is 0 Å². The summed E-state index contributed by atoms with van der Waals surface area (Å²) in [5.41, 5.74) is 1.74. The van der Waals surface area contributed by atoms with Gasteiger partial charge in [0.25, 0.3) is 5.91 Å².